The van der Waals surface area contributed by atoms with E-state index in [1.807, 2.05) is 6.07 Å². The number of aliphatic hydroxyl groups excluding tert-OH is 1. The molecule has 0 bridgehead atoms. The van der Waals surface area contributed by atoms with Crippen LogP contribution >= 0.6 is 0 Å². The van der Waals surface area contributed by atoms with Crippen molar-refractivity contribution in [3.8, 4) is 0 Å². The molecule has 0 amide bonds. The number of rotatable bonds is 8. The van der Waals surface area contributed by atoms with E-state index in [-0.39, 0.29) is 12.0 Å². The van der Waals surface area contributed by atoms with Gasteiger partial charge in [0.25, 0.3) is 0 Å². The fourth-order valence-electron chi connectivity index (χ4n) is 2.20. The number of anilines is 2. The van der Waals surface area contributed by atoms with Crippen LogP contribution in [-0.2, 0) is 6.42 Å². The molecular weight excluding hydrogens is 242 g/mol. The van der Waals surface area contributed by atoms with Gasteiger partial charge in [-0.25, -0.2) is 15.8 Å². The first-order valence-corrected chi connectivity index (χ1v) is 6.91. The second-order valence-corrected chi connectivity index (χ2v) is 5.28. The van der Waals surface area contributed by atoms with Crippen LogP contribution in [0.2, 0.25) is 0 Å². The van der Waals surface area contributed by atoms with Crippen LogP contribution in [0.4, 0.5) is 11.6 Å². The number of nitrogen functional groups attached to an aromatic ring is 1. The first-order chi connectivity index (χ1) is 9.21. The first kappa shape index (κ1) is 14.0. The summed E-state index contributed by atoms with van der Waals surface area (Å²) in [6, 6.07) is 1.81. The van der Waals surface area contributed by atoms with Gasteiger partial charge in [-0.05, 0) is 31.1 Å². The standard InChI is InChI=1S/C13H23N5O/c1-2-3-10-16-11(8-12(17-10)18-14)15-9-13(4-5-13)6-7-19/h8,19H,2-7,9,14H2,1H3,(H2,15,16,17,18). The molecule has 6 nitrogen and oxygen atoms in total. The minimum Gasteiger partial charge on any atom is -0.396 e. The number of hydrogen-bond donors (Lipinski definition) is 4. The Morgan fingerprint density at radius 2 is 2.11 bits per heavy atom. The predicted molar refractivity (Wildman–Crippen MR) is 75.7 cm³/mol. The van der Waals surface area contributed by atoms with Gasteiger partial charge in [-0.1, -0.05) is 6.92 Å². The second kappa shape index (κ2) is 6.16. The Hall–Kier alpha value is -1.40. The van der Waals surface area contributed by atoms with Crippen LogP contribution in [0.5, 0.6) is 0 Å². The molecule has 5 N–H and O–H groups in total. The molecule has 0 saturated heterocycles. The molecule has 0 atom stereocenters. The molecule has 1 aliphatic rings. The number of aryl methyl sites for hydroxylation is 1. The lowest BCUT2D eigenvalue weighted by molar-refractivity contribution is 0.253. The van der Waals surface area contributed by atoms with Crippen molar-refractivity contribution in [3.05, 3.63) is 11.9 Å². The molecule has 1 aromatic heterocycles. The van der Waals surface area contributed by atoms with Crippen molar-refractivity contribution in [1.82, 2.24) is 9.97 Å². The first-order valence-electron chi connectivity index (χ1n) is 6.91. The Labute approximate surface area is 113 Å². The Kier molecular flexibility index (Phi) is 4.55. The number of nitrogens with one attached hydrogen (secondary N) is 2. The summed E-state index contributed by atoms with van der Waals surface area (Å²) in [6.45, 7) is 3.20. The summed E-state index contributed by atoms with van der Waals surface area (Å²) in [5.74, 6) is 7.66. The Bertz CT molecular complexity index is 419. The molecule has 0 aliphatic heterocycles. The van der Waals surface area contributed by atoms with Crippen molar-refractivity contribution >= 4 is 11.6 Å². The lowest BCUT2D eigenvalue weighted by atomic mass is 10.0. The van der Waals surface area contributed by atoms with E-state index in [9.17, 15) is 0 Å². The molecule has 1 saturated carbocycles. The van der Waals surface area contributed by atoms with Gasteiger partial charge in [0.1, 0.15) is 17.5 Å². The van der Waals surface area contributed by atoms with Crippen molar-refractivity contribution < 1.29 is 5.11 Å². The van der Waals surface area contributed by atoms with Crippen LogP contribution in [0.1, 0.15) is 38.4 Å². The average Bonchev–Trinajstić information content (AvgIpc) is 3.17. The normalized spacial score (nSPS) is 16.2. The number of hydrazine groups is 1. The summed E-state index contributed by atoms with van der Waals surface area (Å²) in [4.78, 5) is 8.79. The van der Waals surface area contributed by atoms with E-state index in [2.05, 4.69) is 27.6 Å². The predicted octanol–water partition coefficient (Wildman–Crippen LogP) is 1.29. The summed E-state index contributed by atoms with van der Waals surface area (Å²) in [5, 5.41) is 12.4. The van der Waals surface area contributed by atoms with E-state index < -0.39 is 0 Å². The highest BCUT2D eigenvalue weighted by Gasteiger charge is 2.41. The zero-order chi connectivity index (χ0) is 13.7. The number of hydrogen-bond acceptors (Lipinski definition) is 6. The highest BCUT2D eigenvalue weighted by molar-refractivity contribution is 5.47. The van der Waals surface area contributed by atoms with E-state index in [0.717, 1.165) is 37.4 Å². The minimum absolute atomic E-state index is 0.252. The monoisotopic (exact) mass is 265 g/mol. The van der Waals surface area contributed by atoms with Crippen LogP contribution in [-0.4, -0.2) is 28.2 Å². The highest BCUT2D eigenvalue weighted by Crippen LogP contribution is 2.48. The molecular formula is C13H23N5O. The largest absolute Gasteiger partial charge is 0.396 e. The van der Waals surface area contributed by atoms with Crippen molar-refractivity contribution in [2.75, 3.05) is 23.9 Å². The maximum absolute atomic E-state index is 9.06. The van der Waals surface area contributed by atoms with Crippen LogP contribution in [0.25, 0.3) is 0 Å². The van der Waals surface area contributed by atoms with E-state index in [1.165, 1.54) is 12.8 Å². The van der Waals surface area contributed by atoms with E-state index in [1.54, 1.807) is 0 Å². The molecule has 1 aromatic rings. The fraction of sp³-hybridized carbons (Fsp3) is 0.692. The third kappa shape index (κ3) is 3.78. The Morgan fingerprint density at radius 3 is 2.68 bits per heavy atom. The lowest BCUT2D eigenvalue weighted by Gasteiger charge is -2.16. The number of aromatic nitrogens is 2. The van der Waals surface area contributed by atoms with E-state index in [4.69, 9.17) is 10.9 Å². The van der Waals surface area contributed by atoms with Gasteiger partial charge in [-0.2, -0.15) is 0 Å². The molecule has 2 rings (SSSR count). The summed E-state index contributed by atoms with van der Waals surface area (Å²) >= 11 is 0. The van der Waals surface area contributed by atoms with Crippen molar-refractivity contribution in [1.29, 1.82) is 0 Å². The molecule has 0 radical (unpaired) electrons. The minimum atomic E-state index is 0.252. The molecule has 1 heterocycles. The van der Waals surface area contributed by atoms with E-state index >= 15 is 0 Å². The Balaban J connectivity index is 2.00. The molecule has 0 spiro atoms. The number of aliphatic hydroxyl groups is 1. The number of nitrogens with zero attached hydrogens (tertiary/aromatic N) is 2. The third-order valence-corrected chi connectivity index (χ3v) is 3.64. The van der Waals surface area contributed by atoms with Gasteiger partial charge in [0.05, 0.1) is 0 Å². The summed E-state index contributed by atoms with van der Waals surface area (Å²) < 4.78 is 0. The van der Waals surface area contributed by atoms with Crippen molar-refractivity contribution in [2.24, 2.45) is 11.3 Å². The van der Waals surface area contributed by atoms with Gasteiger partial charge in [-0.3, -0.25) is 0 Å². The van der Waals surface area contributed by atoms with Crippen molar-refractivity contribution in [3.63, 3.8) is 0 Å². The SMILES string of the molecule is CCCc1nc(NN)cc(NCC2(CCO)CC2)n1. The topological polar surface area (TPSA) is 96.1 Å². The van der Waals surface area contributed by atoms with Gasteiger partial charge in [0.2, 0.25) is 0 Å². The summed E-state index contributed by atoms with van der Waals surface area (Å²) in [5.41, 5.74) is 2.84. The van der Waals surface area contributed by atoms with Crippen LogP contribution in [0, 0.1) is 5.41 Å². The smallest absolute Gasteiger partial charge is 0.145 e. The zero-order valence-corrected chi connectivity index (χ0v) is 11.4. The lowest BCUT2D eigenvalue weighted by Crippen LogP contribution is -2.18. The van der Waals surface area contributed by atoms with Gasteiger partial charge in [0, 0.05) is 25.6 Å². The van der Waals surface area contributed by atoms with Gasteiger partial charge in [0.15, 0.2) is 0 Å². The quantitative estimate of drug-likeness (QED) is 0.418. The highest BCUT2D eigenvalue weighted by atomic mass is 16.3. The zero-order valence-electron chi connectivity index (χ0n) is 11.4. The molecule has 19 heavy (non-hydrogen) atoms. The molecule has 1 fully saturated rings. The van der Waals surface area contributed by atoms with Crippen molar-refractivity contribution in [2.45, 2.75) is 39.0 Å². The van der Waals surface area contributed by atoms with Crippen LogP contribution in [0.3, 0.4) is 0 Å². The van der Waals surface area contributed by atoms with Gasteiger partial charge >= 0.3 is 0 Å². The maximum atomic E-state index is 9.06. The average molecular weight is 265 g/mol. The van der Waals surface area contributed by atoms with Gasteiger partial charge < -0.3 is 15.8 Å². The molecule has 0 unspecified atom stereocenters. The maximum Gasteiger partial charge on any atom is 0.145 e. The van der Waals surface area contributed by atoms with Gasteiger partial charge in [-0.15, -0.1) is 0 Å². The molecule has 0 aromatic carbocycles. The summed E-state index contributed by atoms with van der Waals surface area (Å²) in [7, 11) is 0. The summed E-state index contributed by atoms with van der Waals surface area (Å²) in [6.07, 6.45) is 5.05. The van der Waals surface area contributed by atoms with Crippen LogP contribution in [0.15, 0.2) is 6.07 Å². The second-order valence-electron chi connectivity index (χ2n) is 5.28. The Morgan fingerprint density at radius 1 is 1.37 bits per heavy atom. The van der Waals surface area contributed by atoms with E-state index in [0.29, 0.717) is 5.82 Å². The molecule has 6 heteroatoms. The molecule has 1 aliphatic carbocycles. The number of nitrogens with two attached hydrogens (primary N) is 1. The molecule has 106 valence electrons. The fourth-order valence-corrected chi connectivity index (χ4v) is 2.20. The third-order valence-electron chi connectivity index (χ3n) is 3.64. The van der Waals surface area contributed by atoms with Crippen LogP contribution < -0.4 is 16.6 Å².